The Kier molecular flexibility index (Phi) is 6.76. The Hall–Kier alpha value is -3.31. The van der Waals surface area contributed by atoms with Gasteiger partial charge in [0.25, 0.3) is 5.91 Å². The van der Waals surface area contributed by atoms with Gasteiger partial charge in [0.15, 0.2) is 0 Å². The van der Waals surface area contributed by atoms with Gasteiger partial charge in [0.2, 0.25) is 0 Å². The van der Waals surface area contributed by atoms with Crippen LogP contribution in [0.3, 0.4) is 0 Å². The van der Waals surface area contributed by atoms with Crippen molar-refractivity contribution in [2.75, 3.05) is 5.75 Å². The van der Waals surface area contributed by atoms with E-state index in [1.165, 1.54) is 0 Å². The Bertz CT molecular complexity index is 1260. The van der Waals surface area contributed by atoms with Crippen LogP contribution in [0, 0.1) is 0 Å². The van der Waals surface area contributed by atoms with E-state index < -0.39 is 10.8 Å². The number of amides is 1. The first-order chi connectivity index (χ1) is 15.6. The molecule has 1 amide bonds. The molecule has 0 saturated heterocycles. The summed E-state index contributed by atoms with van der Waals surface area (Å²) < 4.78 is 13.3. The standard InChI is InChI=1S/C27H26N2O2S/c1-3-22(19-13-7-5-8-14-19)29-27(30)24-21-17-11-12-18-23(21)28-25(26(24)32(31)4-2)20-15-9-6-10-16-20/h5-18,22H,3-4H2,1-2H3,(H,29,30). The number of nitrogens with one attached hydrogen (secondary N) is 1. The summed E-state index contributed by atoms with van der Waals surface area (Å²) in [7, 11) is -1.38. The predicted molar refractivity (Wildman–Crippen MR) is 131 cm³/mol. The summed E-state index contributed by atoms with van der Waals surface area (Å²) >= 11 is 0. The SMILES string of the molecule is CCC(NC(=O)c1c(S(=O)CC)c(-c2ccccc2)nc2ccccc12)c1ccccc1. The first-order valence-corrected chi connectivity index (χ1v) is 12.2. The molecule has 0 spiro atoms. The summed E-state index contributed by atoms with van der Waals surface area (Å²) in [6, 6.07) is 27.0. The molecule has 4 aromatic rings. The van der Waals surface area contributed by atoms with Crippen LogP contribution in [-0.4, -0.2) is 20.9 Å². The number of hydrogen-bond donors (Lipinski definition) is 1. The normalized spacial score (nSPS) is 12.9. The van der Waals surface area contributed by atoms with Gasteiger partial charge in [-0.25, -0.2) is 4.98 Å². The van der Waals surface area contributed by atoms with Gasteiger partial charge in [-0.1, -0.05) is 92.7 Å². The maximum atomic E-state index is 13.8. The van der Waals surface area contributed by atoms with Crippen molar-refractivity contribution in [3.05, 3.63) is 96.1 Å². The average molecular weight is 443 g/mol. The fraction of sp³-hybridized carbons (Fsp3) is 0.185. The van der Waals surface area contributed by atoms with Crippen molar-refractivity contribution in [3.63, 3.8) is 0 Å². The third kappa shape index (κ3) is 4.34. The van der Waals surface area contributed by atoms with Crippen LogP contribution in [0.25, 0.3) is 22.2 Å². The molecule has 2 atom stereocenters. The summed E-state index contributed by atoms with van der Waals surface area (Å²) in [4.78, 5) is 19.1. The molecule has 0 radical (unpaired) electrons. The summed E-state index contributed by atoms with van der Waals surface area (Å²) in [5.74, 6) is 0.170. The van der Waals surface area contributed by atoms with Crippen LogP contribution in [-0.2, 0) is 10.8 Å². The van der Waals surface area contributed by atoms with Gasteiger partial charge < -0.3 is 5.32 Å². The molecule has 5 heteroatoms. The third-order valence-electron chi connectivity index (χ3n) is 5.53. The fourth-order valence-corrected chi connectivity index (χ4v) is 5.01. The Morgan fingerprint density at radius 3 is 2.19 bits per heavy atom. The first kappa shape index (κ1) is 21.9. The van der Waals surface area contributed by atoms with Crippen LogP contribution in [0.1, 0.15) is 42.2 Å². The van der Waals surface area contributed by atoms with Crippen LogP contribution >= 0.6 is 0 Å². The Balaban J connectivity index is 1.92. The van der Waals surface area contributed by atoms with E-state index in [1.54, 1.807) is 0 Å². The van der Waals surface area contributed by atoms with Gasteiger partial charge in [-0.05, 0) is 18.1 Å². The van der Waals surface area contributed by atoms with Crippen molar-refractivity contribution < 1.29 is 9.00 Å². The monoisotopic (exact) mass is 442 g/mol. The van der Waals surface area contributed by atoms with Crippen molar-refractivity contribution in [1.82, 2.24) is 10.3 Å². The maximum Gasteiger partial charge on any atom is 0.253 e. The lowest BCUT2D eigenvalue weighted by atomic mass is 10.0. The van der Waals surface area contributed by atoms with E-state index in [0.29, 0.717) is 32.8 Å². The Morgan fingerprint density at radius 1 is 0.906 bits per heavy atom. The number of benzene rings is 3. The zero-order chi connectivity index (χ0) is 22.5. The molecular formula is C27H26N2O2S. The number of nitrogens with zero attached hydrogens (tertiary/aromatic N) is 1. The number of aromatic nitrogens is 1. The minimum atomic E-state index is -1.38. The number of fused-ring (bicyclic) bond motifs is 1. The van der Waals surface area contributed by atoms with Gasteiger partial charge in [-0.15, -0.1) is 0 Å². The fourth-order valence-electron chi connectivity index (χ4n) is 3.91. The van der Waals surface area contributed by atoms with E-state index in [1.807, 2.05) is 98.8 Å². The summed E-state index contributed by atoms with van der Waals surface area (Å²) in [5.41, 5.74) is 3.65. The summed E-state index contributed by atoms with van der Waals surface area (Å²) in [5, 5.41) is 3.90. The molecule has 0 saturated carbocycles. The van der Waals surface area contributed by atoms with Crippen molar-refractivity contribution in [2.45, 2.75) is 31.2 Å². The van der Waals surface area contributed by atoms with E-state index >= 15 is 0 Å². The molecular weight excluding hydrogens is 416 g/mol. The number of para-hydroxylation sites is 1. The average Bonchev–Trinajstić information content (AvgIpc) is 2.86. The minimum Gasteiger partial charge on any atom is -0.345 e. The quantitative estimate of drug-likeness (QED) is 0.387. The van der Waals surface area contributed by atoms with E-state index in [2.05, 4.69) is 5.32 Å². The van der Waals surface area contributed by atoms with E-state index in [0.717, 1.165) is 17.5 Å². The largest absolute Gasteiger partial charge is 0.345 e. The molecule has 4 rings (SSSR count). The van der Waals surface area contributed by atoms with Crippen LogP contribution in [0.15, 0.2) is 89.8 Å². The van der Waals surface area contributed by atoms with Crippen molar-refractivity contribution in [1.29, 1.82) is 0 Å². The van der Waals surface area contributed by atoms with Crippen LogP contribution in [0.4, 0.5) is 0 Å². The zero-order valence-electron chi connectivity index (χ0n) is 18.2. The lowest BCUT2D eigenvalue weighted by Crippen LogP contribution is -2.29. The minimum absolute atomic E-state index is 0.140. The van der Waals surface area contributed by atoms with Crippen molar-refractivity contribution in [2.24, 2.45) is 0 Å². The third-order valence-corrected chi connectivity index (χ3v) is 6.90. The van der Waals surface area contributed by atoms with Crippen LogP contribution in [0.2, 0.25) is 0 Å². The molecule has 162 valence electrons. The Labute approximate surface area is 191 Å². The van der Waals surface area contributed by atoms with Gasteiger partial charge in [-0.2, -0.15) is 0 Å². The smallest absolute Gasteiger partial charge is 0.253 e. The molecule has 0 aliphatic rings. The highest BCUT2D eigenvalue weighted by Crippen LogP contribution is 2.33. The van der Waals surface area contributed by atoms with E-state index in [-0.39, 0.29) is 11.9 Å². The number of rotatable bonds is 7. The molecule has 1 N–H and O–H groups in total. The van der Waals surface area contributed by atoms with Gasteiger partial charge in [-0.3, -0.25) is 9.00 Å². The Morgan fingerprint density at radius 2 is 1.53 bits per heavy atom. The van der Waals surface area contributed by atoms with Gasteiger partial charge in [0.1, 0.15) is 0 Å². The van der Waals surface area contributed by atoms with Gasteiger partial charge in [0, 0.05) is 16.7 Å². The van der Waals surface area contributed by atoms with E-state index in [9.17, 15) is 9.00 Å². The summed E-state index contributed by atoms with van der Waals surface area (Å²) in [6.07, 6.45) is 0.747. The molecule has 0 aliphatic carbocycles. The highest BCUT2D eigenvalue weighted by molar-refractivity contribution is 7.85. The molecule has 32 heavy (non-hydrogen) atoms. The lowest BCUT2D eigenvalue weighted by molar-refractivity contribution is 0.0934. The molecule has 3 aromatic carbocycles. The van der Waals surface area contributed by atoms with Crippen LogP contribution in [0.5, 0.6) is 0 Å². The summed E-state index contributed by atoms with van der Waals surface area (Å²) in [6.45, 7) is 3.91. The molecule has 1 heterocycles. The van der Waals surface area contributed by atoms with Crippen LogP contribution < -0.4 is 5.32 Å². The second kappa shape index (κ2) is 9.88. The predicted octanol–water partition coefficient (Wildman–Crippen LogP) is 5.91. The zero-order valence-corrected chi connectivity index (χ0v) is 19.1. The van der Waals surface area contributed by atoms with Gasteiger partial charge >= 0.3 is 0 Å². The molecule has 2 unspecified atom stereocenters. The van der Waals surface area contributed by atoms with Crippen molar-refractivity contribution in [3.8, 4) is 11.3 Å². The van der Waals surface area contributed by atoms with Crippen molar-refractivity contribution >= 4 is 27.6 Å². The highest BCUT2D eigenvalue weighted by Gasteiger charge is 2.26. The number of carbonyl (C=O) groups excluding carboxylic acids is 1. The molecule has 0 bridgehead atoms. The number of hydrogen-bond acceptors (Lipinski definition) is 3. The molecule has 0 aliphatic heterocycles. The molecule has 0 fully saturated rings. The lowest BCUT2D eigenvalue weighted by Gasteiger charge is -2.21. The molecule has 4 nitrogen and oxygen atoms in total. The van der Waals surface area contributed by atoms with E-state index in [4.69, 9.17) is 4.98 Å². The van der Waals surface area contributed by atoms with Gasteiger partial charge in [0.05, 0.1) is 38.5 Å². The second-order valence-electron chi connectivity index (χ2n) is 7.53. The molecule has 1 aromatic heterocycles. The maximum absolute atomic E-state index is 13.8. The second-order valence-corrected chi connectivity index (χ2v) is 9.20. The number of carbonyl (C=O) groups is 1. The first-order valence-electron chi connectivity index (χ1n) is 10.9. The number of pyridine rings is 1. The highest BCUT2D eigenvalue weighted by atomic mass is 32.2. The topological polar surface area (TPSA) is 59.1 Å².